The zero-order valence-corrected chi connectivity index (χ0v) is 20.6. The average molecular weight is 479 g/mol. The van der Waals surface area contributed by atoms with Gasteiger partial charge in [0.25, 0.3) is 0 Å². The van der Waals surface area contributed by atoms with Gasteiger partial charge in [-0.25, -0.2) is 9.55 Å². The monoisotopic (exact) mass is 478 g/mol. The largest absolute Gasteiger partial charge is 0.469 e. The van der Waals surface area contributed by atoms with Crippen molar-refractivity contribution < 1.29 is 18.9 Å². The van der Waals surface area contributed by atoms with E-state index in [1.807, 2.05) is 11.3 Å². The van der Waals surface area contributed by atoms with E-state index in [9.17, 15) is 4.57 Å². The number of fused-ring (bicyclic) bond motifs is 3. The quantitative estimate of drug-likeness (QED) is 0.308. The molecule has 2 aromatic rings. The normalized spacial score (nSPS) is 22.7. The molecule has 6 nitrogen and oxygen atoms in total. The molecule has 1 heterocycles. The summed E-state index contributed by atoms with van der Waals surface area (Å²) in [6.07, 6.45) is 11.8. The van der Waals surface area contributed by atoms with Gasteiger partial charge in [-0.1, -0.05) is 50.8 Å². The number of benzene rings is 1. The molecule has 176 valence electrons. The lowest BCUT2D eigenvalue weighted by atomic mass is 9.87. The second-order valence-electron chi connectivity index (χ2n) is 9.53. The van der Waals surface area contributed by atoms with Crippen molar-refractivity contribution in [2.45, 2.75) is 89.0 Å². The average Bonchev–Trinajstić information content (AvgIpc) is 3.35. The van der Waals surface area contributed by atoms with Crippen LogP contribution in [0.4, 0.5) is 0 Å². The minimum Gasteiger partial charge on any atom is -0.323 e. The van der Waals surface area contributed by atoms with Crippen molar-refractivity contribution in [3.63, 3.8) is 0 Å². The molecule has 32 heavy (non-hydrogen) atoms. The molecule has 4 N–H and O–H groups in total. The van der Waals surface area contributed by atoms with Crippen LogP contribution in [0.25, 0.3) is 10.4 Å². The molecule has 1 saturated carbocycles. The smallest absolute Gasteiger partial charge is 0.323 e. The summed E-state index contributed by atoms with van der Waals surface area (Å²) in [5, 5.41) is 1.28. The third-order valence-corrected chi connectivity index (χ3v) is 8.53. The second kappa shape index (κ2) is 10.0. The lowest BCUT2D eigenvalue weighted by Gasteiger charge is -2.24. The first-order chi connectivity index (χ1) is 15.3. The Kier molecular flexibility index (Phi) is 7.55. The van der Waals surface area contributed by atoms with E-state index in [4.69, 9.17) is 25.0 Å². The van der Waals surface area contributed by atoms with Crippen LogP contribution in [0.5, 0.6) is 0 Å². The number of nitrogens with two attached hydrogens (primary N) is 1. The summed E-state index contributed by atoms with van der Waals surface area (Å²) in [7, 11) is -4.49. The van der Waals surface area contributed by atoms with Gasteiger partial charge in [-0.15, -0.1) is 11.3 Å². The lowest BCUT2D eigenvalue weighted by molar-refractivity contribution is 0.153. The molecule has 1 aromatic heterocycles. The summed E-state index contributed by atoms with van der Waals surface area (Å²) in [4.78, 5) is 24.3. The van der Waals surface area contributed by atoms with E-state index in [2.05, 4.69) is 25.1 Å². The highest BCUT2D eigenvalue weighted by atomic mass is 32.1. The molecule has 2 aliphatic rings. The van der Waals surface area contributed by atoms with Gasteiger partial charge in [0.05, 0.1) is 22.2 Å². The number of phosphoric acid groups is 1. The highest BCUT2D eigenvalue weighted by molar-refractivity contribution is 7.46. The number of rotatable bonds is 10. The topological polar surface area (TPSA) is 106 Å². The van der Waals surface area contributed by atoms with E-state index < -0.39 is 13.4 Å². The third-order valence-electron chi connectivity index (χ3n) is 6.88. The number of nitrogens with zero attached hydrogens (tertiary/aromatic N) is 1. The van der Waals surface area contributed by atoms with Gasteiger partial charge in [-0.2, -0.15) is 0 Å². The van der Waals surface area contributed by atoms with Gasteiger partial charge in [0, 0.05) is 5.54 Å². The number of hydrogen-bond donors (Lipinski definition) is 3. The van der Waals surface area contributed by atoms with Crippen LogP contribution in [0.2, 0.25) is 0 Å². The second-order valence-corrected chi connectivity index (χ2v) is 11.9. The number of aromatic nitrogens is 1. The predicted molar refractivity (Wildman–Crippen MR) is 129 cm³/mol. The summed E-state index contributed by atoms with van der Waals surface area (Å²) >= 11 is 1.87. The van der Waals surface area contributed by atoms with Crippen LogP contribution in [-0.2, 0) is 28.4 Å². The fourth-order valence-electron chi connectivity index (χ4n) is 5.10. The first kappa shape index (κ1) is 24.1. The molecule has 0 amide bonds. The summed E-state index contributed by atoms with van der Waals surface area (Å²) in [5.74, 6) is 0.298. The van der Waals surface area contributed by atoms with Gasteiger partial charge < -0.3 is 15.5 Å². The van der Waals surface area contributed by atoms with E-state index in [1.54, 1.807) is 0 Å². The van der Waals surface area contributed by atoms with Crippen molar-refractivity contribution >= 4 is 19.2 Å². The Labute approximate surface area is 194 Å². The van der Waals surface area contributed by atoms with Gasteiger partial charge in [0.1, 0.15) is 0 Å². The van der Waals surface area contributed by atoms with Gasteiger partial charge in [0.15, 0.2) is 0 Å². The molecule has 0 bridgehead atoms. The molecule has 0 unspecified atom stereocenters. The van der Waals surface area contributed by atoms with Crippen LogP contribution in [0.15, 0.2) is 18.2 Å². The van der Waals surface area contributed by atoms with E-state index in [0.29, 0.717) is 18.8 Å². The fraction of sp³-hybridized carbons (Fsp3) is 0.625. The molecule has 0 aliphatic heterocycles. The Bertz CT molecular complexity index is 988. The van der Waals surface area contributed by atoms with E-state index in [-0.39, 0.29) is 6.61 Å². The summed E-state index contributed by atoms with van der Waals surface area (Å²) in [6.45, 7) is 2.14. The van der Waals surface area contributed by atoms with Crippen LogP contribution >= 0.6 is 19.2 Å². The van der Waals surface area contributed by atoms with Crippen LogP contribution in [-0.4, -0.2) is 26.9 Å². The molecular weight excluding hydrogens is 443 g/mol. The standard InChI is InChI=1S/C24H35N2O4PS/c1-2-3-4-5-6-7-22-26-21-11-9-18-14-17(8-10-20(18)23(21)32-22)19-12-13-24(25,15-19)16-30-31(27,28)29/h8,10,14,19H,2-7,9,11-13,15-16,25H2,1H3,(H2,27,28,29)/t19-,24+/m0/s1. The highest BCUT2D eigenvalue weighted by Gasteiger charge is 2.38. The van der Waals surface area contributed by atoms with Crippen LogP contribution in [0, 0.1) is 0 Å². The van der Waals surface area contributed by atoms with Gasteiger partial charge in [-0.3, -0.25) is 4.52 Å². The number of unbranched alkanes of at least 4 members (excludes halogenated alkanes) is 4. The zero-order chi connectivity index (χ0) is 22.8. The van der Waals surface area contributed by atoms with Gasteiger partial charge in [0.2, 0.25) is 0 Å². The Hall–Kier alpha value is -1.08. The summed E-state index contributed by atoms with van der Waals surface area (Å²) in [6, 6.07) is 6.77. The van der Waals surface area contributed by atoms with Crippen molar-refractivity contribution in [2.75, 3.05) is 6.61 Å². The van der Waals surface area contributed by atoms with E-state index in [1.165, 1.54) is 64.4 Å². The molecular formula is C24H35N2O4PS. The molecule has 0 radical (unpaired) electrons. The maximum atomic E-state index is 11.1. The molecule has 1 fully saturated rings. The van der Waals surface area contributed by atoms with Crippen molar-refractivity contribution in [3.05, 3.63) is 40.0 Å². The number of phosphoric ester groups is 1. The Morgan fingerprint density at radius 1 is 1.25 bits per heavy atom. The van der Waals surface area contributed by atoms with Crippen LogP contribution < -0.4 is 5.73 Å². The molecule has 8 heteroatoms. The van der Waals surface area contributed by atoms with Crippen LogP contribution in [0.1, 0.15) is 86.0 Å². The molecule has 4 rings (SSSR count). The van der Waals surface area contributed by atoms with Gasteiger partial charge >= 0.3 is 7.82 Å². The predicted octanol–water partition coefficient (Wildman–Crippen LogP) is 5.50. The molecule has 2 atom stereocenters. The summed E-state index contributed by atoms with van der Waals surface area (Å²) in [5.41, 5.74) is 11.0. The Morgan fingerprint density at radius 2 is 2.06 bits per heavy atom. The van der Waals surface area contributed by atoms with E-state index >= 15 is 0 Å². The molecule has 0 saturated heterocycles. The Balaban J connectivity index is 1.42. The minimum absolute atomic E-state index is 0.107. The Morgan fingerprint density at radius 3 is 2.84 bits per heavy atom. The van der Waals surface area contributed by atoms with E-state index in [0.717, 1.165) is 25.7 Å². The number of hydrogen-bond acceptors (Lipinski definition) is 5. The maximum absolute atomic E-state index is 11.1. The van der Waals surface area contributed by atoms with Crippen molar-refractivity contribution in [1.29, 1.82) is 0 Å². The van der Waals surface area contributed by atoms with Crippen molar-refractivity contribution in [2.24, 2.45) is 5.73 Å². The van der Waals surface area contributed by atoms with Gasteiger partial charge in [-0.05, 0) is 67.6 Å². The first-order valence-corrected chi connectivity index (χ1v) is 14.2. The molecule has 0 spiro atoms. The third kappa shape index (κ3) is 5.88. The van der Waals surface area contributed by atoms with Crippen LogP contribution in [0.3, 0.4) is 0 Å². The highest BCUT2D eigenvalue weighted by Crippen LogP contribution is 2.45. The number of thiazole rings is 1. The lowest BCUT2D eigenvalue weighted by Crippen LogP contribution is -2.41. The fourth-order valence-corrected chi connectivity index (χ4v) is 6.74. The van der Waals surface area contributed by atoms with Crippen molar-refractivity contribution in [1.82, 2.24) is 4.98 Å². The molecule has 1 aromatic carbocycles. The SMILES string of the molecule is CCCCCCCc1nc2c(s1)-c1ccc([C@H]3CC[C@](N)(COP(=O)(O)O)C3)cc1CC2. The summed E-state index contributed by atoms with van der Waals surface area (Å²) < 4.78 is 15.8. The first-order valence-electron chi connectivity index (χ1n) is 11.9. The zero-order valence-electron chi connectivity index (χ0n) is 18.9. The minimum atomic E-state index is -4.49. The van der Waals surface area contributed by atoms with Crippen molar-refractivity contribution in [3.8, 4) is 10.4 Å². The number of aryl methyl sites for hydroxylation is 3. The molecule has 2 aliphatic carbocycles. The maximum Gasteiger partial charge on any atom is 0.469 e.